The zero-order valence-corrected chi connectivity index (χ0v) is 12.1. The van der Waals surface area contributed by atoms with E-state index in [4.69, 9.17) is 9.84 Å². The quantitative estimate of drug-likeness (QED) is 0.652. The third-order valence-electron chi connectivity index (χ3n) is 2.38. The molecule has 0 heterocycles. The maximum Gasteiger partial charge on any atom is 0.328 e. The van der Waals surface area contributed by atoms with Gasteiger partial charge in [0.25, 0.3) is 0 Å². The van der Waals surface area contributed by atoms with Gasteiger partial charge in [-0.25, -0.2) is 4.79 Å². The number of carboxylic acids is 1. The standard InChI is InChI=1S/C15H11IO3/c16-12-6-2-4-8-14(12)19-13-7-3-1-5-11(13)9-10-15(17)18/h1-10H,(H,17,18)/b10-9+. The Bertz CT molecular complexity index is 620. The molecule has 0 aromatic heterocycles. The minimum Gasteiger partial charge on any atom is -0.478 e. The molecular formula is C15H11IO3. The number of para-hydroxylation sites is 2. The van der Waals surface area contributed by atoms with Gasteiger partial charge in [-0.2, -0.15) is 0 Å². The van der Waals surface area contributed by atoms with Crippen molar-refractivity contribution in [1.82, 2.24) is 0 Å². The van der Waals surface area contributed by atoms with Crippen LogP contribution >= 0.6 is 22.6 Å². The number of carbonyl (C=O) groups is 1. The minimum absolute atomic E-state index is 0.629. The highest BCUT2D eigenvalue weighted by atomic mass is 127. The number of hydrogen-bond acceptors (Lipinski definition) is 2. The van der Waals surface area contributed by atoms with Crippen molar-refractivity contribution in [2.75, 3.05) is 0 Å². The molecule has 0 saturated heterocycles. The fraction of sp³-hybridized carbons (Fsp3) is 0. The molecule has 96 valence electrons. The van der Waals surface area contributed by atoms with Crippen LogP contribution in [0.2, 0.25) is 0 Å². The molecule has 0 atom stereocenters. The first-order valence-electron chi connectivity index (χ1n) is 5.59. The van der Waals surface area contributed by atoms with Crippen molar-refractivity contribution in [3.63, 3.8) is 0 Å². The van der Waals surface area contributed by atoms with Crippen molar-refractivity contribution in [3.8, 4) is 11.5 Å². The summed E-state index contributed by atoms with van der Waals surface area (Å²) in [6, 6.07) is 15.0. The van der Waals surface area contributed by atoms with Gasteiger partial charge in [0.15, 0.2) is 0 Å². The van der Waals surface area contributed by atoms with E-state index in [0.29, 0.717) is 5.75 Å². The maximum atomic E-state index is 10.6. The van der Waals surface area contributed by atoms with E-state index in [1.54, 1.807) is 0 Å². The van der Waals surface area contributed by atoms with Crippen LogP contribution in [0.15, 0.2) is 54.6 Å². The van der Waals surface area contributed by atoms with Gasteiger partial charge in [0.05, 0.1) is 3.57 Å². The predicted octanol–water partition coefficient (Wildman–Crippen LogP) is 4.18. The van der Waals surface area contributed by atoms with Gasteiger partial charge in [-0.3, -0.25) is 0 Å². The molecular weight excluding hydrogens is 355 g/mol. The summed E-state index contributed by atoms with van der Waals surface area (Å²) in [5, 5.41) is 8.67. The fourth-order valence-electron chi connectivity index (χ4n) is 1.52. The molecule has 0 spiro atoms. The summed E-state index contributed by atoms with van der Waals surface area (Å²) in [7, 11) is 0. The molecule has 0 bridgehead atoms. The van der Waals surface area contributed by atoms with Gasteiger partial charge in [0.1, 0.15) is 11.5 Å². The molecule has 0 aliphatic carbocycles. The molecule has 4 heteroatoms. The lowest BCUT2D eigenvalue weighted by molar-refractivity contribution is -0.131. The van der Waals surface area contributed by atoms with Crippen molar-refractivity contribution >= 4 is 34.6 Å². The summed E-state index contributed by atoms with van der Waals surface area (Å²) in [5.41, 5.74) is 0.726. The largest absolute Gasteiger partial charge is 0.478 e. The Morgan fingerprint density at radius 1 is 1.05 bits per heavy atom. The summed E-state index contributed by atoms with van der Waals surface area (Å²) >= 11 is 2.19. The third-order valence-corrected chi connectivity index (χ3v) is 3.27. The molecule has 0 fully saturated rings. The van der Waals surface area contributed by atoms with Crippen LogP contribution in [-0.2, 0) is 4.79 Å². The Morgan fingerprint density at radius 3 is 2.37 bits per heavy atom. The first kappa shape index (κ1) is 13.6. The number of carboxylic acid groups (broad SMARTS) is 1. The average Bonchev–Trinajstić information content (AvgIpc) is 2.40. The van der Waals surface area contributed by atoms with Crippen molar-refractivity contribution in [1.29, 1.82) is 0 Å². The first-order valence-corrected chi connectivity index (χ1v) is 6.67. The van der Waals surface area contributed by atoms with E-state index in [1.165, 1.54) is 6.08 Å². The number of rotatable bonds is 4. The van der Waals surface area contributed by atoms with Crippen molar-refractivity contribution in [3.05, 3.63) is 63.7 Å². The van der Waals surface area contributed by atoms with Crippen LogP contribution in [-0.4, -0.2) is 11.1 Å². The SMILES string of the molecule is O=C(O)/C=C/c1ccccc1Oc1ccccc1I. The van der Waals surface area contributed by atoms with Gasteiger partial charge in [-0.15, -0.1) is 0 Å². The molecule has 2 aromatic carbocycles. The molecule has 2 rings (SSSR count). The van der Waals surface area contributed by atoms with E-state index >= 15 is 0 Å². The summed E-state index contributed by atoms with van der Waals surface area (Å²) in [6.07, 6.45) is 2.62. The Kier molecular flexibility index (Phi) is 4.57. The molecule has 0 amide bonds. The van der Waals surface area contributed by atoms with Crippen LogP contribution in [0.4, 0.5) is 0 Å². The van der Waals surface area contributed by atoms with Gasteiger partial charge >= 0.3 is 5.97 Å². The second kappa shape index (κ2) is 6.38. The second-order valence-corrected chi connectivity index (χ2v) is 4.90. The van der Waals surface area contributed by atoms with Crippen molar-refractivity contribution < 1.29 is 14.6 Å². The summed E-state index contributed by atoms with van der Waals surface area (Å²) in [4.78, 5) is 10.6. The molecule has 0 radical (unpaired) electrons. The molecule has 3 nitrogen and oxygen atoms in total. The monoisotopic (exact) mass is 366 g/mol. The zero-order valence-electron chi connectivity index (χ0n) is 9.92. The number of benzene rings is 2. The molecule has 0 saturated carbocycles. The summed E-state index contributed by atoms with van der Waals surface area (Å²) in [5.74, 6) is 0.396. The lowest BCUT2D eigenvalue weighted by atomic mass is 10.2. The lowest BCUT2D eigenvalue weighted by Crippen LogP contribution is -1.90. The second-order valence-electron chi connectivity index (χ2n) is 3.74. The van der Waals surface area contributed by atoms with Gasteiger partial charge < -0.3 is 9.84 Å². The average molecular weight is 366 g/mol. The van der Waals surface area contributed by atoms with Crippen LogP contribution < -0.4 is 4.74 Å². The molecule has 1 N–H and O–H groups in total. The molecule has 2 aromatic rings. The number of aliphatic carboxylic acids is 1. The van der Waals surface area contributed by atoms with Gasteiger partial charge in [0, 0.05) is 11.6 Å². The van der Waals surface area contributed by atoms with Crippen LogP contribution in [0.1, 0.15) is 5.56 Å². The van der Waals surface area contributed by atoms with E-state index in [-0.39, 0.29) is 0 Å². The van der Waals surface area contributed by atoms with Crippen LogP contribution in [0.3, 0.4) is 0 Å². The van der Waals surface area contributed by atoms with E-state index < -0.39 is 5.97 Å². The Labute approximate surface area is 124 Å². The number of hydrogen-bond donors (Lipinski definition) is 1. The van der Waals surface area contributed by atoms with E-state index in [2.05, 4.69) is 22.6 Å². The zero-order chi connectivity index (χ0) is 13.7. The van der Waals surface area contributed by atoms with E-state index in [1.807, 2.05) is 48.5 Å². The molecule has 0 aliphatic rings. The topological polar surface area (TPSA) is 46.5 Å². The summed E-state index contributed by atoms with van der Waals surface area (Å²) < 4.78 is 6.82. The summed E-state index contributed by atoms with van der Waals surface area (Å²) in [6.45, 7) is 0. The first-order chi connectivity index (χ1) is 9.16. The van der Waals surface area contributed by atoms with Crippen molar-refractivity contribution in [2.24, 2.45) is 0 Å². The lowest BCUT2D eigenvalue weighted by Gasteiger charge is -2.09. The van der Waals surface area contributed by atoms with Gasteiger partial charge in [-0.1, -0.05) is 30.3 Å². The smallest absolute Gasteiger partial charge is 0.328 e. The number of ether oxygens (including phenoxy) is 1. The fourth-order valence-corrected chi connectivity index (χ4v) is 2.02. The predicted molar refractivity (Wildman–Crippen MR) is 82.3 cm³/mol. The maximum absolute atomic E-state index is 10.6. The molecule has 0 unspecified atom stereocenters. The van der Waals surface area contributed by atoms with E-state index in [9.17, 15) is 4.79 Å². The van der Waals surface area contributed by atoms with E-state index in [0.717, 1.165) is 21.0 Å². The normalized spacial score (nSPS) is 10.6. The minimum atomic E-state index is -0.982. The Balaban J connectivity index is 2.30. The Hall–Kier alpha value is -1.82. The molecule has 19 heavy (non-hydrogen) atoms. The van der Waals surface area contributed by atoms with Crippen molar-refractivity contribution in [2.45, 2.75) is 0 Å². The van der Waals surface area contributed by atoms with Gasteiger partial charge in [-0.05, 0) is 46.9 Å². The third kappa shape index (κ3) is 3.82. The highest BCUT2D eigenvalue weighted by Gasteiger charge is 2.04. The highest BCUT2D eigenvalue weighted by Crippen LogP contribution is 2.29. The number of halogens is 1. The van der Waals surface area contributed by atoms with Crippen LogP contribution in [0, 0.1) is 3.57 Å². The van der Waals surface area contributed by atoms with Crippen LogP contribution in [0.5, 0.6) is 11.5 Å². The highest BCUT2D eigenvalue weighted by molar-refractivity contribution is 14.1. The Morgan fingerprint density at radius 2 is 1.68 bits per heavy atom. The molecule has 0 aliphatic heterocycles. The van der Waals surface area contributed by atoms with Crippen LogP contribution in [0.25, 0.3) is 6.08 Å². The van der Waals surface area contributed by atoms with Gasteiger partial charge in [0.2, 0.25) is 0 Å².